The molecule has 2 amide bonds. The molecule has 0 aromatic heterocycles. The van der Waals surface area contributed by atoms with Gasteiger partial charge in [-0.15, -0.1) is 0 Å². The van der Waals surface area contributed by atoms with Gasteiger partial charge >= 0.3 is 12.0 Å². The number of piperidine rings is 1. The average Bonchev–Trinajstić information content (AvgIpc) is 2.67. The first-order valence-electron chi connectivity index (χ1n) is 10.1. The summed E-state index contributed by atoms with van der Waals surface area (Å²) in [5.41, 5.74) is 2.13. The van der Waals surface area contributed by atoms with Gasteiger partial charge in [0.05, 0.1) is 6.54 Å². The number of carboxylic acids is 1. The SMILES string of the molecule is CCCCCc1ccc(NC(=O)N2CCC(N(CC)CC(=O)O)CC2)cc1. The summed E-state index contributed by atoms with van der Waals surface area (Å²) in [4.78, 5) is 27.3. The fourth-order valence-electron chi connectivity index (χ4n) is 3.64. The molecule has 0 saturated carbocycles. The number of nitrogens with one attached hydrogen (secondary N) is 1. The van der Waals surface area contributed by atoms with E-state index in [4.69, 9.17) is 5.11 Å². The summed E-state index contributed by atoms with van der Waals surface area (Å²) < 4.78 is 0. The van der Waals surface area contributed by atoms with Gasteiger partial charge in [0.2, 0.25) is 0 Å². The maximum absolute atomic E-state index is 12.5. The number of rotatable bonds is 9. The maximum Gasteiger partial charge on any atom is 0.321 e. The molecule has 27 heavy (non-hydrogen) atoms. The predicted molar refractivity (Wildman–Crippen MR) is 108 cm³/mol. The van der Waals surface area contributed by atoms with Gasteiger partial charge in [0.25, 0.3) is 0 Å². The maximum atomic E-state index is 12.5. The van der Waals surface area contributed by atoms with Gasteiger partial charge in [-0.3, -0.25) is 9.69 Å². The van der Waals surface area contributed by atoms with Gasteiger partial charge in [0.1, 0.15) is 0 Å². The number of aryl methyl sites for hydroxylation is 1. The van der Waals surface area contributed by atoms with Crippen molar-refractivity contribution < 1.29 is 14.7 Å². The zero-order chi connectivity index (χ0) is 19.6. The molecule has 1 saturated heterocycles. The second-order valence-corrected chi connectivity index (χ2v) is 7.26. The summed E-state index contributed by atoms with van der Waals surface area (Å²) in [6, 6.07) is 8.27. The first-order valence-corrected chi connectivity index (χ1v) is 10.1. The molecule has 0 aliphatic carbocycles. The van der Waals surface area contributed by atoms with E-state index < -0.39 is 5.97 Å². The molecule has 1 aliphatic heterocycles. The van der Waals surface area contributed by atoms with Gasteiger partial charge < -0.3 is 15.3 Å². The topological polar surface area (TPSA) is 72.9 Å². The molecule has 0 unspecified atom stereocenters. The molecule has 1 aliphatic rings. The second kappa shape index (κ2) is 10.9. The molecule has 6 nitrogen and oxygen atoms in total. The molecule has 1 fully saturated rings. The molecule has 1 aromatic carbocycles. The van der Waals surface area contributed by atoms with Gasteiger partial charge in [-0.25, -0.2) is 4.79 Å². The smallest absolute Gasteiger partial charge is 0.321 e. The van der Waals surface area contributed by atoms with Crippen molar-refractivity contribution in [2.24, 2.45) is 0 Å². The van der Waals surface area contributed by atoms with Crippen molar-refractivity contribution in [3.63, 3.8) is 0 Å². The number of nitrogens with zero attached hydrogens (tertiary/aromatic N) is 2. The number of carboxylic acid groups (broad SMARTS) is 1. The normalized spacial score (nSPS) is 15.1. The number of aliphatic carboxylic acids is 1. The van der Waals surface area contributed by atoms with Gasteiger partial charge in [-0.1, -0.05) is 38.8 Å². The molecule has 1 aromatic rings. The molecule has 1 heterocycles. The van der Waals surface area contributed by atoms with E-state index >= 15 is 0 Å². The number of unbranched alkanes of at least 4 members (excludes halogenated alkanes) is 2. The van der Waals surface area contributed by atoms with Gasteiger partial charge in [0, 0.05) is 24.8 Å². The Morgan fingerprint density at radius 2 is 1.81 bits per heavy atom. The number of carbonyl (C=O) groups is 2. The van der Waals surface area contributed by atoms with Crippen molar-refractivity contribution in [2.45, 2.75) is 58.4 Å². The van der Waals surface area contributed by atoms with E-state index in [2.05, 4.69) is 24.4 Å². The number of likely N-dealkylation sites (tertiary alicyclic amines) is 1. The quantitative estimate of drug-likeness (QED) is 0.644. The van der Waals surface area contributed by atoms with Crippen molar-refractivity contribution in [2.75, 3.05) is 31.5 Å². The van der Waals surface area contributed by atoms with Crippen LogP contribution >= 0.6 is 0 Å². The van der Waals surface area contributed by atoms with Crippen LogP contribution in [0, 0.1) is 0 Å². The molecular weight excluding hydrogens is 342 g/mol. The number of anilines is 1. The second-order valence-electron chi connectivity index (χ2n) is 7.26. The number of carbonyl (C=O) groups excluding carboxylic acids is 1. The van der Waals surface area contributed by atoms with E-state index in [0.717, 1.165) is 24.9 Å². The van der Waals surface area contributed by atoms with Gasteiger partial charge in [-0.2, -0.15) is 0 Å². The van der Waals surface area contributed by atoms with E-state index in [1.807, 2.05) is 28.9 Å². The molecule has 2 rings (SSSR count). The Morgan fingerprint density at radius 1 is 1.15 bits per heavy atom. The Balaban J connectivity index is 1.79. The molecule has 0 spiro atoms. The standard InChI is InChI=1S/C21H33N3O3/c1-3-5-6-7-17-8-10-18(11-9-17)22-21(27)24-14-12-19(13-15-24)23(4-2)16-20(25)26/h8-11,19H,3-7,12-16H2,1-2H3,(H,22,27)(H,25,26). The number of hydrogen-bond acceptors (Lipinski definition) is 3. The van der Waals surface area contributed by atoms with Crippen LogP contribution in [0.3, 0.4) is 0 Å². The van der Waals surface area contributed by atoms with Crippen LogP contribution in [0.5, 0.6) is 0 Å². The molecule has 0 radical (unpaired) electrons. The molecule has 150 valence electrons. The van der Waals surface area contributed by atoms with Crippen LogP contribution in [-0.4, -0.2) is 59.1 Å². The third kappa shape index (κ3) is 6.86. The minimum absolute atomic E-state index is 0.0674. The lowest BCUT2D eigenvalue weighted by Gasteiger charge is -2.37. The lowest BCUT2D eigenvalue weighted by Crippen LogP contribution is -2.49. The van der Waals surface area contributed by atoms with E-state index in [9.17, 15) is 9.59 Å². The summed E-state index contributed by atoms with van der Waals surface area (Å²) >= 11 is 0. The Kier molecular flexibility index (Phi) is 8.58. The van der Waals surface area contributed by atoms with E-state index in [1.165, 1.54) is 24.8 Å². The summed E-state index contributed by atoms with van der Waals surface area (Å²) in [5.74, 6) is -0.796. The van der Waals surface area contributed by atoms with Crippen LogP contribution in [0.25, 0.3) is 0 Å². The summed E-state index contributed by atoms with van der Waals surface area (Å²) in [6.07, 6.45) is 6.37. The van der Waals surface area contributed by atoms with Gasteiger partial charge in [0.15, 0.2) is 0 Å². The number of urea groups is 1. The van der Waals surface area contributed by atoms with Gasteiger partial charge in [-0.05, 0) is 49.9 Å². The van der Waals surface area contributed by atoms with Crippen molar-refractivity contribution in [1.29, 1.82) is 0 Å². The highest BCUT2D eigenvalue weighted by Gasteiger charge is 2.27. The zero-order valence-electron chi connectivity index (χ0n) is 16.6. The Morgan fingerprint density at radius 3 is 2.37 bits per heavy atom. The Bertz CT molecular complexity index is 595. The fraction of sp³-hybridized carbons (Fsp3) is 0.619. The minimum atomic E-state index is -0.796. The monoisotopic (exact) mass is 375 g/mol. The highest BCUT2D eigenvalue weighted by molar-refractivity contribution is 5.89. The number of amides is 2. The third-order valence-electron chi connectivity index (χ3n) is 5.29. The highest BCUT2D eigenvalue weighted by atomic mass is 16.4. The van der Waals surface area contributed by atoms with Crippen molar-refractivity contribution in [3.8, 4) is 0 Å². The Hall–Kier alpha value is -2.08. The lowest BCUT2D eigenvalue weighted by molar-refractivity contribution is -0.139. The number of hydrogen-bond donors (Lipinski definition) is 2. The summed E-state index contributed by atoms with van der Waals surface area (Å²) in [6.45, 7) is 6.27. The zero-order valence-corrected chi connectivity index (χ0v) is 16.6. The van der Waals surface area contributed by atoms with Crippen LogP contribution in [0.2, 0.25) is 0 Å². The molecule has 6 heteroatoms. The van der Waals surface area contributed by atoms with E-state index in [0.29, 0.717) is 19.6 Å². The molecular formula is C21H33N3O3. The van der Waals surface area contributed by atoms with E-state index in [1.54, 1.807) is 0 Å². The summed E-state index contributed by atoms with van der Waals surface area (Å²) in [7, 11) is 0. The van der Waals surface area contributed by atoms with Crippen LogP contribution in [0.1, 0.15) is 51.5 Å². The Labute approximate surface area is 162 Å². The third-order valence-corrected chi connectivity index (χ3v) is 5.29. The average molecular weight is 376 g/mol. The number of benzene rings is 1. The van der Waals surface area contributed by atoms with Crippen LogP contribution < -0.4 is 5.32 Å². The molecule has 0 atom stereocenters. The largest absolute Gasteiger partial charge is 0.480 e. The molecule has 2 N–H and O–H groups in total. The van der Waals surface area contributed by atoms with Crippen LogP contribution in [0.15, 0.2) is 24.3 Å². The summed E-state index contributed by atoms with van der Waals surface area (Å²) in [5, 5.41) is 12.0. The number of likely N-dealkylation sites (N-methyl/N-ethyl adjacent to an activating group) is 1. The van der Waals surface area contributed by atoms with Crippen molar-refractivity contribution >= 4 is 17.7 Å². The molecule has 0 bridgehead atoms. The van der Waals surface area contributed by atoms with E-state index in [-0.39, 0.29) is 18.6 Å². The van der Waals surface area contributed by atoms with Crippen molar-refractivity contribution in [1.82, 2.24) is 9.80 Å². The fourth-order valence-corrected chi connectivity index (χ4v) is 3.64. The van der Waals surface area contributed by atoms with Crippen LogP contribution in [-0.2, 0) is 11.2 Å². The first-order chi connectivity index (χ1) is 13.0. The lowest BCUT2D eigenvalue weighted by atomic mass is 10.0. The minimum Gasteiger partial charge on any atom is -0.480 e. The highest BCUT2D eigenvalue weighted by Crippen LogP contribution is 2.18. The van der Waals surface area contributed by atoms with Crippen molar-refractivity contribution in [3.05, 3.63) is 29.8 Å². The first kappa shape index (κ1) is 21.2. The van der Waals surface area contributed by atoms with Crippen LogP contribution in [0.4, 0.5) is 10.5 Å². The predicted octanol–water partition coefficient (Wildman–Crippen LogP) is 3.82.